The maximum Gasteiger partial charge on any atom is 0.292 e. The van der Waals surface area contributed by atoms with Gasteiger partial charge in [-0.05, 0) is 25.0 Å². The first-order chi connectivity index (χ1) is 10.8. The minimum absolute atomic E-state index is 0.268. The molecular formula is C15H16F4N2O2. The minimum Gasteiger partial charge on any atom is -0.384 e. The highest BCUT2D eigenvalue weighted by Crippen LogP contribution is 2.49. The van der Waals surface area contributed by atoms with Crippen LogP contribution in [0, 0.1) is 0 Å². The van der Waals surface area contributed by atoms with Crippen molar-refractivity contribution in [1.82, 2.24) is 9.88 Å². The van der Waals surface area contributed by atoms with Gasteiger partial charge in [0.1, 0.15) is 17.5 Å². The quantitative estimate of drug-likeness (QED) is 0.848. The van der Waals surface area contributed by atoms with Crippen molar-refractivity contribution in [2.45, 2.75) is 49.7 Å². The molecule has 3 rings (SSSR count). The van der Waals surface area contributed by atoms with E-state index in [2.05, 4.69) is 4.98 Å². The fraction of sp³-hybridized carbons (Fsp3) is 0.600. The number of carbonyl (C=O) groups excluding carboxylic acids is 1. The zero-order valence-electron chi connectivity index (χ0n) is 12.2. The minimum atomic E-state index is -3.42. The standard InChI is InChI=1S/C15H16F4N2O2/c16-11(17)9-4-3-5-10(20-9)12(22)21-8-15(18,19)13(23)14(21)6-1-2-7-14/h3-5,11,13,23H,1-2,6-8H2. The van der Waals surface area contributed by atoms with E-state index < -0.39 is 42.1 Å². The van der Waals surface area contributed by atoms with E-state index in [0.717, 1.165) is 11.0 Å². The second-order valence-corrected chi connectivity index (χ2v) is 6.11. The van der Waals surface area contributed by atoms with Gasteiger partial charge in [0, 0.05) is 0 Å². The summed E-state index contributed by atoms with van der Waals surface area (Å²) < 4.78 is 53.4. The Morgan fingerprint density at radius 2 is 1.96 bits per heavy atom. The van der Waals surface area contributed by atoms with Crippen molar-refractivity contribution in [2.75, 3.05) is 6.54 Å². The van der Waals surface area contributed by atoms with Crippen molar-refractivity contribution < 1.29 is 27.5 Å². The SMILES string of the molecule is O=C(c1cccc(C(F)F)n1)N1CC(F)(F)C(O)C12CCCC2. The molecule has 1 atom stereocenters. The Morgan fingerprint density at radius 1 is 1.30 bits per heavy atom. The summed E-state index contributed by atoms with van der Waals surface area (Å²) in [6.45, 7) is -0.923. The first kappa shape index (κ1) is 16.2. The number of amides is 1. The third-order valence-corrected chi connectivity index (χ3v) is 4.74. The molecule has 2 fully saturated rings. The number of carbonyl (C=O) groups is 1. The Morgan fingerprint density at radius 3 is 2.57 bits per heavy atom. The zero-order valence-corrected chi connectivity index (χ0v) is 12.2. The lowest BCUT2D eigenvalue weighted by atomic mass is 9.90. The third kappa shape index (κ3) is 2.49. The molecule has 1 unspecified atom stereocenters. The Kier molecular flexibility index (Phi) is 3.82. The fourth-order valence-electron chi connectivity index (χ4n) is 3.63. The summed E-state index contributed by atoms with van der Waals surface area (Å²) in [5.74, 6) is -4.26. The molecule has 1 amide bonds. The Bertz CT molecular complexity index is 617. The van der Waals surface area contributed by atoms with Gasteiger partial charge < -0.3 is 10.0 Å². The number of halogens is 4. The van der Waals surface area contributed by atoms with Gasteiger partial charge in [0.15, 0.2) is 0 Å². The number of aliphatic hydroxyl groups excluding tert-OH is 1. The van der Waals surface area contributed by atoms with Crippen LogP contribution in [0.2, 0.25) is 0 Å². The van der Waals surface area contributed by atoms with Gasteiger partial charge >= 0.3 is 0 Å². The average Bonchev–Trinajstić information content (AvgIpc) is 3.08. The van der Waals surface area contributed by atoms with Gasteiger partial charge in [0.05, 0.1) is 12.1 Å². The zero-order chi connectivity index (χ0) is 16.8. The predicted octanol–water partition coefficient (Wildman–Crippen LogP) is 2.78. The van der Waals surface area contributed by atoms with E-state index in [-0.39, 0.29) is 18.5 Å². The number of rotatable bonds is 2. The van der Waals surface area contributed by atoms with Crippen LogP contribution < -0.4 is 0 Å². The first-order valence-corrected chi connectivity index (χ1v) is 7.41. The van der Waals surface area contributed by atoms with Crippen LogP contribution in [0.4, 0.5) is 17.6 Å². The topological polar surface area (TPSA) is 53.4 Å². The van der Waals surface area contributed by atoms with E-state index in [1.165, 1.54) is 12.1 Å². The van der Waals surface area contributed by atoms with Gasteiger partial charge in [0.2, 0.25) is 0 Å². The number of pyridine rings is 1. The van der Waals surface area contributed by atoms with Gasteiger partial charge in [-0.3, -0.25) is 4.79 Å². The van der Waals surface area contributed by atoms with Crippen LogP contribution >= 0.6 is 0 Å². The monoisotopic (exact) mass is 332 g/mol. The lowest BCUT2D eigenvalue weighted by Gasteiger charge is -2.36. The molecule has 1 saturated carbocycles. The molecule has 1 aliphatic carbocycles. The fourth-order valence-corrected chi connectivity index (χ4v) is 3.63. The van der Waals surface area contributed by atoms with Gasteiger partial charge in [-0.15, -0.1) is 0 Å². The van der Waals surface area contributed by atoms with E-state index >= 15 is 0 Å². The molecule has 2 heterocycles. The summed E-state index contributed by atoms with van der Waals surface area (Å²) >= 11 is 0. The Balaban J connectivity index is 1.96. The van der Waals surface area contributed by atoms with Crippen LogP contribution in [0.25, 0.3) is 0 Å². The highest BCUT2D eigenvalue weighted by molar-refractivity contribution is 5.93. The smallest absolute Gasteiger partial charge is 0.292 e. The Labute approximate surface area is 130 Å². The second kappa shape index (κ2) is 5.43. The molecule has 1 aliphatic heterocycles. The molecule has 0 radical (unpaired) electrons. The van der Waals surface area contributed by atoms with Crippen molar-refractivity contribution in [2.24, 2.45) is 0 Å². The largest absolute Gasteiger partial charge is 0.384 e. The molecular weight excluding hydrogens is 316 g/mol. The molecule has 8 heteroatoms. The molecule has 2 aliphatic rings. The molecule has 1 saturated heterocycles. The van der Waals surface area contributed by atoms with E-state index in [0.29, 0.717) is 12.8 Å². The summed E-state index contributed by atoms with van der Waals surface area (Å²) in [6.07, 6.45) is -3.01. The molecule has 126 valence electrons. The van der Waals surface area contributed by atoms with Crippen molar-refractivity contribution in [3.63, 3.8) is 0 Å². The van der Waals surface area contributed by atoms with Crippen molar-refractivity contribution in [1.29, 1.82) is 0 Å². The molecule has 1 spiro atoms. The highest BCUT2D eigenvalue weighted by Gasteiger charge is 2.64. The predicted molar refractivity (Wildman–Crippen MR) is 72.4 cm³/mol. The highest BCUT2D eigenvalue weighted by atomic mass is 19.3. The van der Waals surface area contributed by atoms with Crippen molar-refractivity contribution in [3.05, 3.63) is 29.6 Å². The molecule has 0 bridgehead atoms. The first-order valence-electron chi connectivity index (χ1n) is 7.41. The van der Waals surface area contributed by atoms with Crippen LogP contribution in [-0.2, 0) is 0 Å². The van der Waals surface area contributed by atoms with Gasteiger partial charge in [-0.25, -0.2) is 22.5 Å². The molecule has 23 heavy (non-hydrogen) atoms. The number of nitrogens with zero attached hydrogens (tertiary/aromatic N) is 2. The van der Waals surface area contributed by atoms with Gasteiger partial charge in [-0.2, -0.15) is 0 Å². The maximum atomic E-state index is 14.0. The summed E-state index contributed by atoms with van der Waals surface area (Å²) in [5, 5.41) is 10.0. The van der Waals surface area contributed by atoms with Gasteiger partial charge in [-0.1, -0.05) is 18.9 Å². The number of aliphatic hydroxyl groups is 1. The third-order valence-electron chi connectivity index (χ3n) is 4.74. The van der Waals surface area contributed by atoms with Gasteiger partial charge in [0.25, 0.3) is 18.3 Å². The summed E-state index contributed by atoms with van der Waals surface area (Å²) in [7, 11) is 0. The lowest BCUT2D eigenvalue weighted by Crippen LogP contribution is -2.52. The summed E-state index contributed by atoms with van der Waals surface area (Å²) in [4.78, 5) is 17.1. The van der Waals surface area contributed by atoms with Crippen molar-refractivity contribution in [3.8, 4) is 0 Å². The van der Waals surface area contributed by atoms with Crippen LogP contribution in [0.5, 0.6) is 0 Å². The van der Waals surface area contributed by atoms with Crippen LogP contribution in [-0.4, -0.2) is 45.0 Å². The van der Waals surface area contributed by atoms with E-state index in [1.54, 1.807) is 0 Å². The van der Waals surface area contributed by atoms with E-state index in [1.807, 2.05) is 0 Å². The number of likely N-dealkylation sites (tertiary alicyclic amines) is 1. The summed E-state index contributed by atoms with van der Waals surface area (Å²) in [6, 6.07) is 3.54. The Hall–Kier alpha value is -1.70. The van der Waals surface area contributed by atoms with E-state index in [4.69, 9.17) is 0 Å². The van der Waals surface area contributed by atoms with E-state index in [9.17, 15) is 27.5 Å². The summed E-state index contributed by atoms with van der Waals surface area (Å²) in [5.41, 5.74) is -2.22. The molecule has 1 aromatic rings. The molecule has 4 nitrogen and oxygen atoms in total. The number of hydrogen-bond donors (Lipinski definition) is 1. The number of aromatic nitrogens is 1. The van der Waals surface area contributed by atoms with Crippen LogP contribution in [0.3, 0.4) is 0 Å². The number of hydrogen-bond acceptors (Lipinski definition) is 3. The normalized spacial score (nSPS) is 25.5. The molecule has 1 N–H and O–H groups in total. The van der Waals surface area contributed by atoms with Crippen LogP contribution in [0.1, 0.15) is 48.3 Å². The maximum absolute atomic E-state index is 14.0. The average molecular weight is 332 g/mol. The van der Waals surface area contributed by atoms with Crippen molar-refractivity contribution >= 4 is 5.91 Å². The lowest BCUT2D eigenvalue weighted by molar-refractivity contribution is -0.0959. The molecule has 1 aromatic heterocycles. The van der Waals surface area contributed by atoms with Crippen LogP contribution in [0.15, 0.2) is 18.2 Å². The number of alkyl halides is 4. The molecule has 0 aromatic carbocycles. The second-order valence-electron chi connectivity index (χ2n) is 6.11.